The van der Waals surface area contributed by atoms with Crippen LogP contribution in [0.3, 0.4) is 0 Å². The van der Waals surface area contributed by atoms with Gasteiger partial charge in [0.1, 0.15) is 0 Å². The van der Waals surface area contributed by atoms with Crippen molar-refractivity contribution in [2.24, 2.45) is 16.7 Å². The number of ether oxygens (including phenoxy) is 1. The van der Waals surface area contributed by atoms with E-state index in [2.05, 4.69) is 33.0 Å². The van der Waals surface area contributed by atoms with Crippen molar-refractivity contribution in [2.45, 2.75) is 53.0 Å². The molecule has 0 spiro atoms. The lowest BCUT2D eigenvalue weighted by atomic mass is 9.68. The predicted molar refractivity (Wildman–Crippen MR) is 67.5 cm³/mol. The fourth-order valence-electron chi connectivity index (χ4n) is 4.23. The molecule has 2 rings (SSSR count). The van der Waals surface area contributed by atoms with E-state index < -0.39 is 0 Å². The zero-order valence-electron chi connectivity index (χ0n) is 11.3. The Balaban J connectivity index is 1.92. The van der Waals surface area contributed by atoms with Gasteiger partial charge in [-0.15, -0.1) is 0 Å². The third-order valence-electron chi connectivity index (χ3n) is 5.07. The van der Waals surface area contributed by atoms with E-state index in [9.17, 15) is 0 Å². The van der Waals surface area contributed by atoms with E-state index in [1.807, 2.05) is 0 Å². The second kappa shape index (κ2) is 4.30. The highest BCUT2D eigenvalue weighted by molar-refractivity contribution is 5.11. The molecule has 0 radical (unpaired) electrons. The third kappa shape index (κ3) is 1.91. The van der Waals surface area contributed by atoms with Crippen molar-refractivity contribution in [3.05, 3.63) is 0 Å². The summed E-state index contributed by atoms with van der Waals surface area (Å²) in [5, 5.41) is 3.75. The van der Waals surface area contributed by atoms with Gasteiger partial charge in [-0.25, -0.2) is 0 Å². The van der Waals surface area contributed by atoms with Gasteiger partial charge in [-0.3, -0.25) is 0 Å². The summed E-state index contributed by atoms with van der Waals surface area (Å²) in [4.78, 5) is 0. The molecule has 0 aromatic rings. The predicted octanol–water partition coefficient (Wildman–Crippen LogP) is 2.83. The Bertz CT molecular complexity index is 246. The van der Waals surface area contributed by atoms with Gasteiger partial charge < -0.3 is 10.1 Å². The summed E-state index contributed by atoms with van der Waals surface area (Å²) in [5.41, 5.74) is 1.01. The molecule has 0 saturated heterocycles. The molecule has 94 valence electrons. The first-order valence-corrected chi connectivity index (χ1v) is 6.82. The maximum Gasteiger partial charge on any atom is 0.0590 e. The van der Waals surface area contributed by atoms with E-state index in [1.165, 1.54) is 19.3 Å². The molecule has 0 aromatic carbocycles. The monoisotopic (exact) mass is 225 g/mol. The van der Waals surface area contributed by atoms with E-state index >= 15 is 0 Å². The zero-order chi connectivity index (χ0) is 11.8. The first-order chi connectivity index (χ1) is 7.50. The van der Waals surface area contributed by atoms with Gasteiger partial charge in [0.2, 0.25) is 0 Å². The first-order valence-electron chi connectivity index (χ1n) is 6.82. The Hall–Kier alpha value is -0.0800. The quantitative estimate of drug-likeness (QED) is 0.726. The lowest BCUT2D eigenvalue weighted by Crippen LogP contribution is -2.51. The average Bonchev–Trinajstić information content (AvgIpc) is 2.68. The van der Waals surface area contributed by atoms with Crippen LogP contribution in [0.4, 0.5) is 0 Å². The fraction of sp³-hybridized carbons (Fsp3) is 1.00. The summed E-state index contributed by atoms with van der Waals surface area (Å²) in [6.07, 6.45) is 4.27. The molecule has 2 heteroatoms. The van der Waals surface area contributed by atoms with Gasteiger partial charge >= 0.3 is 0 Å². The van der Waals surface area contributed by atoms with E-state index in [4.69, 9.17) is 4.74 Å². The Morgan fingerprint density at radius 2 is 2.06 bits per heavy atom. The van der Waals surface area contributed by atoms with Gasteiger partial charge in [0, 0.05) is 19.2 Å². The highest BCUT2D eigenvalue weighted by Crippen LogP contribution is 2.62. The zero-order valence-corrected chi connectivity index (χ0v) is 11.3. The summed E-state index contributed by atoms with van der Waals surface area (Å²) in [7, 11) is 0. The molecule has 0 aromatic heterocycles. The van der Waals surface area contributed by atoms with Crippen LogP contribution in [0.2, 0.25) is 0 Å². The maximum atomic E-state index is 5.41. The van der Waals surface area contributed by atoms with Gasteiger partial charge in [0.25, 0.3) is 0 Å². The highest BCUT2D eigenvalue weighted by Gasteiger charge is 2.58. The molecule has 1 unspecified atom stereocenters. The molecule has 1 N–H and O–H groups in total. The SMILES string of the molecule is CCOCCNC1C(C)(C)[C@H]2CC[C@]1(C)C2. The van der Waals surface area contributed by atoms with Gasteiger partial charge in [-0.2, -0.15) is 0 Å². The van der Waals surface area contributed by atoms with Crippen molar-refractivity contribution < 1.29 is 4.74 Å². The van der Waals surface area contributed by atoms with Crippen LogP contribution in [0.15, 0.2) is 0 Å². The third-order valence-corrected chi connectivity index (χ3v) is 5.07. The largest absolute Gasteiger partial charge is 0.380 e. The van der Waals surface area contributed by atoms with Gasteiger partial charge in [0.05, 0.1) is 6.61 Å². The van der Waals surface area contributed by atoms with Crippen LogP contribution in [0.1, 0.15) is 47.0 Å². The number of hydrogen-bond acceptors (Lipinski definition) is 2. The van der Waals surface area contributed by atoms with Crippen molar-refractivity contribution >= 4 is 0 Å². The van der Waals surface area contributed by atoms with E-state index in [1.54, 1.807) is 0 Å². The van der Waals surface area contributed by atoms with Gasteiger partial charge in [-0.1, -0.05) is 20.8 Å². The topological polar surface area (TPSA) is 21.3 Å². The number of fused-ring (bicyclic) bond motifs is 2. The highest BCUT2D eigenvalue weighted by atomic mass is 16.5. The molecule has 0 amide bonds. The smallest absolute Gasteiger partial charge is 0.0590 e. The molecular weight excluding hydrogens is 198 g/mol. The van der Waals surface area contributed by atoms with Crippen LogP contribution >= 0.6 is 0 Å². The summed E-state index contributed by atoms with van der Waals surface area (Å²) >= 11 is 0. The number of nitrogens with one attached hydrogen (secondary N) is 1. The van der Waals surface area contributed by atoms with Gasteiger partial charge in [-0.05, 0) is 42.9 Å². The van der Waals surface area contributed by atoms with Gasteiger partial charge in [0.15, 0.2) is 0 Å². The van der Waals surface area contributed by atoms with Crippen LogP contribution in [0.5, 0.6) is 0 Å². The van der Waals surface area contributed by atoms with Crippen molar-refractivity contribution in [2.75, 3.05) is 19.8 Å². The summed E-state index contributed by atoms with van der Waals surface area (Å²) in [5.74, 6) is 0.932. The molecule has 2 aliphatic carbocycles. The molecule has 0 aliphatic heterocycles. The summed E-state index contributed by atoms with van der Waals surface area (Å²) in [6, 6.07) is 0.680. The van der Waals surface area contributed by atoms with E-state index in [0.717, 1.165) is 25.7 Å². The summed E-state index contributed by atoms with van der Waals surface area (Å²) in [6.45, 7) is 12.1. The van der Waals surface area contributed by atoms with Crippen molar-refractivity contribution in [1.82, 2.24) is 5.32 Å². The van der Waals surface area contributed by atoms with E-state index in [-0.39, 0.29) is 0 Å². The number of rotatable bonds is 5. The molecular formula is C14H27NO. The van der Waals surface area contributed by atoms with Crippen LogP contribution in [-0.2, 0) is 4.74 Å². The molecule has 2 bridgehead atoms. The lowest BCUT2D eigenvalue weighted by Gasteiger charge is -2.43. The summed E-state index contributed by atoms with van der Waals surface area (Å²) < 4.78 is 5.41. The Labute approximate surface area is 100 Å². The second-order valence-corrected chi connectivity index (χ2v) is 6.50. The molecule has 2 aliphatic rings. The van der Waals surface area contributed by atoms with Crippen LogP contribution < -0.4 is 5.32 Å². The Morgan fingerprint density at radius 1 is 1.31 bits per heavy atom. The molecule has 2 nitrogen and oxygen atoms in total. The molecule has 2 fully saturated rings. The minimum Gasteiger partial charge on any atom is -0.380 e. The maximum absolute atomic E-state index is 5.41. The van der Waals surface area contributed by atoms with Crippen LogP contribution in [-0.4, -0.2) is 25.8 Å². The second-order valence-electron chi connectivity index (χ2n) is 6.50. The van der Waals surface area contributed by atoms with Crippen LogP contribution in [0.25, 0.3) is 0 Å². The standard InChI is InChI=1S/C14H27NO/c1-5-16-9-8-15-12-13(2,3)11-6-7-14(12,4)10-11/h11-12,15H,5-10H2,1-4H3/t11-,12?,14+/m0/s1. The van der Waals surface area contributed by atoms with E-state index in [0.29, 0.717) is 16.9 Å². The Morgan fingerprint density at radius 3 is 2.62 bits per heavy atom. The minimum atomic E-state index is 0.471. The van der Waals surface area contributed by atoms with Crippen molar-refractivity contribution in [1.29, 1.82) is 0 Å². The molecule has 2 saturated carbocycles. The number of hydrogen-bond donors (Lipinski definition) is 1. The lowest BCUT2D eigenvalue weighted by molar-refractivity contribution is 0.0909. The van der Waals surface area contributed by atoms with Crippen molar-refractivity contribution in [3.8, 4) is 0 Å². The average molecular weight is 225 g/mol. The fourth-order valence-corrected chi connectivity index (χ4v) is 4.23. The first kappa shape index (κ1) is 12.4. The minimum absolute atomic E-state index is 0.471. The van der Waals surface area contributed by atoms with Crippen molar-refractivity contribution in [3.63, 3.8) is 0 Å². The molecule has 16 heavy (non-hydrogen) atoms. The molecule has 3 atom stereocenters. The Kier molecular flexibility index (Phi) is 3.33. The van der Waals surface area contributed by atoms with Crippen LogP contribution in [0, 0.1) is 16.7 Å². The normalized spacial score (nSPS) is 40.5. The molecule has 0 heterocycles.